The molecule has 9 heteroatoms. The van der Waals surface area contributed by atoms with Crippen molar-refractivity contribution in [3.63, 3.8) is 0 Å². The van der Waals surface area contributed by atoms with Crippen LogP contribution in [0, 0.1) is 23.7 Å². The molecule has 0 saturated heterocycles. The zero-order chi connectivity index (χ0) is 32.6. The third-order valence-corrected chi connectivity index (χ3v) is 7.47. The summed E-state index contributed by atoms with van der Waals surface area (Å²) in [4.78, 5) is 27.7. The van der Waals surface area contributed by atoms with E-state index in [0.29, 0.717) is 31.1 Å². The van der Waals surface area contributed by atoms with E-state index in [-0.39, 0.29) is 35.6 Å². The SMILES string of the molecule is CCN(CC)C(=O)[C@@H](C/C=C/C[C@@H](C(C)C)C(NNC(=O)OC(C)(C)C)c1ccc(OC)c(OCCCOC)c1)C(C)C. The molecule has 0 saturated carbocycles. The second-order valence-electron chi connectivity index (χ2n) is 12.6. The minimum Gasteiger partial charge on any atom is -0.493 e. The highest BCUT2D eigenvalue weighted by atomic mass is 16.6. The summed E-state index contributed by atoms with van der Waals surface area (Å²) in [5.74, 6) is 2.02. The number of rotatable bonds is 19. The lowest BCUT2D eigenvalue weighted by Gasteiger charge is -2.32. The Kier molecular flexibility index (Phi) is 17.3. The Morgan fingerprint density at radius 1 is 0.930 bits per heavy atom. The van der Waals surface area contributed by atoms with Gasteiger partial charge >= 0.3 is 6.09 Å². The molecule has 0 heterocycles. The molecule has 1 aromatic rings. The molecular formula is C34H59N3O6. The van der Waals surface area contributed by atoms with E-state index < -0.39 is 11.7 Å². The second kappa shape index (κ2) is 19.5. The van der Waals surface area contributed by atoms with E-state index in [2.05, 4.69) is 50.7 Å². The summed E-state index contributed by atoms with van der Waals surface area (Å²) in [6.07, 6.45) is 5.94. The Balaban J connectivity index is 3.30. The van der Waals surface area contributed by atoms with Crippen molar-refractivity contribution in [1.82, 2.24) is 15.8 Å². The maximum atomic E-state index is 13.1. The minimum absolute atomic E-state index is 0.0594. The van der Waals surface area contributed by atoms with Gasteiger partial charge in [-0.05, 0) is 82.9 Å². The Morgan fingerprint density at radius 3 is 2.12 bits per heavy atom. The Morgan fingerprint density at radius 2 is 1.58 bits per heavy atom. The molecule has 2 amide bonds. The van der Waals surface area contributed by atoms with Crippen LogP contribution in [0.5, 0.6) is 11.5 Å². The molecule has 0 aliphatic rings. The van der Waals surface area contributed by atoms with Crippen LogP contribution in [0.25, 0.3) is 0 Å². The van der Waals surface area contributed by atoms with Gasteiger partial charge in [-0.15, -0.1) is 0 Å². The number of carbonyl (C=O) groups is 2. The van der Waals surface area contributed by atoms with Gasteiger partial charge in [0.1, 0.15) is 5.60 Å². The summed E-state index contributed by atoms with van der Waals surface area (Å²) in [6, 6.07) is 5.59. The first kappa shape index (κ1) is 38.2. The number of benzene rings is 1. The average Bonchev–Trinajstić information content (AvgIpc) is 2.93. The lowest BCUT2D eigenvalue weighted by Crippen LogP contribution is -2.45. The van der Waals surface area contributed by atoms with Crippen LogP contribution >= 0.6 is 0 Å². The smallest absolute Gasteiger partial charge is 0.422 e. The molecule has 0 aromatic heterocycles. The number of nitrogens with one attached hydrogen (secondary N) is 2. The van der Waals surface area contributed by atoms with Gasteiger partial charge in [0, 0.05) is 39.1 Å². The normalized spacial score (nSPS) is 14.1. The predicted molar refractivity (Wildman–Crippen MR) is 173 cm³/mol. The number of hydrogen-bond donors (Lipinski definition) is 2. The number of carbonyl (C=O) groups excluding carboxylic acids is 2. The number of amides is 2. The van der Waals surface area contributed by atoms with E-state index >= 15 is 0 Å². The van der Waals surface area contributed by atoms with Crippen LogP contribution < -0.4 is 20.3 Å². The summed E-state index contributed by atoms with van der Waals surface area (Å²) in [5.41, 5.74) is 6.35. The first-order valence-electron chi connectivity index (χ1n) is 15.8. The number of nitrogens with zero attached hydrogens (tertiary/aromatic N) is 1. The van der Waals surface area contributed by atoms with Gasteiger partial charge in [-0.25, -0.2) is 10.2 Å². The molecule has 3 atom stereocenters. The molecule has 2 N–H and O–H groups in total. The van der Waals surface area contributed by atoms with Crippen LogP contribution in [-0.4, -0.2) is 63.0 Å². The lowest BCUT2D eigenvalue weighted by atomic mass is 9.82. The van der Waals surface area contributed by atoms with Crippen LogP contribution in [0.4, 0.5) is 4.79 Å². The van der Waals surface area contributed by atoms with Crippen molar-refractivity contribution in [2.24, 2.45) is 23.7 Å². The molecule has 1 unspecified atom stereocenters. The van der Waals surface area contributed by atoms with E-state index in [1.54, 1.807) is 14.2 Å². The largest absolute Gasteiger partial charge is 0.493 e. The first-order valence-corrected chi connectivity index (χ1v) is 15.8. The Hall–Kier alpha value is -2.78. The molecule has 246 valence electrons. The topological polar surface area (TPSA) is 98.4 Å². The van der Waals surface area contributed by atoms with Crippen molar-refractivity contribution in [1.29, 1.82) is 0 Å². The molecule has 9 nitrogen and oxygen atoms in total. The standard InChI is InChI=1S/C34H59N3O6/c1-12-37(13-2)32(38)28(25(5)6)18-15-14-17-27(24(3)4)31(35-36-33(39)43-34(7,8)9)26-19-20-29(41-11)30(23-26)42-22-16-21-40-10/h14-15,19-20,23-25,27-28,31,35H,12-13,16-18,21-22H2,1-11H3,(H,36,39)/b15-14+/t27-,28-,31?/m0/s1. The molecule has 0 spiro atoms. The van der Waals surface area contributed by atoms with Crippen LogP contribution in [0.15, 0.2) is 30.4 Å². The van der Waals surface area contributed by atoms with E-state index in [1.165, 1.54) is 0 Å². The highest BCUT2D eigenvalue weighted by molar-refractivity contribution is 5.79. The van der Waals surface area contributed by atoms with E-state index in [1.807, 2.05) is 57.7 Å². The van der Waals surface area contributed by atoms with Gasteiger partial charge in [-0.1, -0.05) is 45.9 Å². The van der Waals surface area contributed by atoms with Gasteiger partial charge < -0.3 is 23.8 Å². The molecule has 0 fully saturated rings. The van der Waals surface area contributed by atoms with Gasteiger partial charge in [0.05, 0.1) is 19.8 Å². The molecule has 0 aliphatic carbocycles. The maximum Gasteiger partial charge on any atom is 0.422 e. The molecule has 1 rings (SSSR count). The van der Waals surface area contributed by atoms with Gasteiger partial charge in [-0.2, -0.15) is 0 Å². The van der Waals surface area contributed by atoms with E-state index in [0.717, 1.165) is 31.5 Å². The predicted octanol–water partition coefficient (Wildman–Crippen LogP) is 6.93. The summed E-state index contributed by atoms with van der Waals surface area (Å²) in [7, 11) is 3.29. The van der Waals surface area contributed by atoms with Crippen molar-refractivity contribution in [2.75, 3.05) is 40.5 Å². The third-order valence-electron chi connectivity index (χ3n) is 7.47. The van der Waals surface area contributed by atoms with Crippen LogP contribution in [0.1, 0.15) is 93.2 Å². The van der Waals surface area contributed by atoms with Crippen molar-refractivity contribution in [3.05, 3.63) is 35.9 Å². The van der Waals surface area contributed by atoms with Gasteiger partial charge in [0.2, 0.25) is 5.91 Å². The molecule has 0 radical (unpaired) electrons. The van der Waals surface area contributed by atoms with Gasteiger partial charge in [0.25, 0.3) is 0 Å². The zero-order valence-electron chi connectivity index (χ0n) is 28.6. The first-order chi connectivity index (χ1) is 20.3. The van der Waals surface area contributed by atoms with E-state index in [9.17, 15) is 9.59 Å². The second-order valence-corrected chi connectivity index (χ2v) is 12.6. The van der Waals surface area contributed by atoms with Gasteiger partial charge in [0.15, 0.2) is 11.5 Å². The van der Waals surface area contributed by atoms with Crippen LogP contribution in [0.2, 0.25) is 0 Å². The van der Waals surface area contributed by atoms with Crippen LogP contribution in [0.3, 0.4) is 0 Å². The molecule has 43 heavy (non-hydrogen) atoms. The average molecular weight is 606 g/mol. The highest BCUT2D eigenvalue weighted by Gasteiger charge is 2.28. The summed E-state index contributed by atoms with van der Waals surface area (Å²) < 4.78 is 22.3. The van der Waals surface area contributed by atoms with Crippen LogP contribution in [-0.2, 0) is 14.3 Å². The summed E-state index contributed by atoms with van der Waals surface area (Å²) in [5, 5.41) is 0. The third kappa shape index (κ3) is 13.6. The summed E-state index contributed by atoms with van der Waals surface area (Å²) in [6.45, 7) is 20.6. The fourth-order valence-electron chi connectivity index (χ4n) is 4.98. The highest BCUT2D eigenvalue weighted by Crippen LogP contribution is 2.36. The zero-order valence-corrected chi connectivity index (χ0v) is 28.6. The summed E-state index contributed by atoms with van der Waals surface area (Å²) >= 11 is 0. The number of allylic oxidation sites excluding steroid dienone is 2. The fraction of sp³-hybridized carbons (Fsp3) is 0.706. The maximum absolute atomic E-state index is 13.1. The molecule has 1 aromatic carbocycles. The molecule has 0 aliphatic heterocycles. The van der Waals surface area contributed by atoms with Crippen molar-refractivity contribution in [3.8, 4) is 11.5 Å². The monoisotopic (exact) mass is 605 g/mol. The number of hydrogen-bond acceptors (Lipinski definition) is 7. The van der Waals surface area contributed by atoms with E-state index in [4.69, 9.17) is 18.9 Å². The minimum atomic E-state index is -0.625. The molecular weight excluding hydrogens is 546 g/mol. The van der Waals surface area contributed by atoms with Crippen molar-refractivity contribution in [2.45, 2.75) is 93.2 Å². The van der Waals surface area contributed by atoms with Crippen molar-refractivity contribution >= 4 is 12.0 Å². The Labute approximate surface area is 261 Å². The quantitative estimate of drug-likeness (QED) is 0.100. The van der Waals surface area contributed by atoms with Gasteiger partial charge in [-0.3, -0.25) is 10.2 Å². The Bertz CT molecular complexity index is 985. The van der Waals surface area contributed by atoms with Crippen molar-refractivity contribution < 1.29 is 28.5 Å². The molecule has 0 bridgehead atoms. The fourth-order valence-corrected chi connectivity index (χ4v) is 4.98. The number of ether oxygens (including phenoxy) is 4. The lowest BCUT2D eigenvalue weighted by molar-refractivity contribution is -0.136. The number of methoxy groups -OCH3 is 2. The number of hydrazine groups is 1.